The maximum absolute atomic E-state index is 12.6. The molecule has 0 aliphatic carbocycles. The van der Waals surface area contributed by atoms with Crippen molar-refractivity contribution in [2.45, 2.75) is 0 Å². The summed E-state index contributed by atoms with van der Waals surface area (Å²) < 4.78 is 1.00. The first-order valence-electron chi connectivity index (χ1n) is 7.33. The predicted octanol–water partition coefficient (Wildman–Crippen LogP) is 2.90. The van der Waals surface area contributed by atoms with E-state index in [2.05, 4.69) is 32.9 Å². The van der Waals surface area contributed by atoms with Crippen LogP contribution in [-0.2, 0) is 0 Å². The van der Waals surface area contributed by atoms with Crippen molar-refractivity contribution in [3.8, 4) is 11.1 Å². The smallest absolute Gasteiger partial charge is 0.255 e. The monoisotopic (exact) mass is 359 g/mol. The Labute approximate surface area is 138 Å². The third-order valence-electron chi connectivity index (χ3n) is 3.96. The molecule has 0 bridgehead atoms. The summed E-state index contributed by atoms with van der Waals surface area (Å²) in [6.45, 7) is 3.38. The number of amides is 1. The van der Waals surface area contributed by atoms with E-state index in [-0.39, 0.29) is 5.91 Å². The Morgan fingerprint density at radius 1 is 1.14 bits per heavy atom. The number of carbonyl (C=O) groups excluding carboxylic acids is 1. The van der Waals surface area contributed by atoms with Crippen molar-refractivity contribution in [1.82, 2.24) is 14.8 Å². The van der Waals surface area contributed by atoms with E-state index in [0.29, 0.717) is 5.56 Å². The molecular formula is C17H18BrN3O. The third kappa shape index (κ3) is 3.20. The number of nitrogens with zero attached hydrogens (tertiary/aromatic N) is 3. The van der Waals surface area contributed by atoms with Gasteiger partial charge in [0.15, 0.2) is 0 Å². The normalized spacial score (nSPS) is 15.8. The summed E-state index contributed by atoms with van der Waals surface area (Å²) >= 11 is 3.55. The van der Waals surface area contributed by atoms with E-state index in [1.54, 1.807) is 12.4 Å². The van der Waals surface area contributed by atoms with E-state index in [1.165, 1.54) is 0 Å². The van der Waals surface area contributed by atoms with Crippen molar-refractivity contribution in [2.75, 3.05) is 33.2 Å². The van der Waals surface area contributed by atoms with Crippen LogP contribution in [0.4, 0.5) is 0 Å². The Bertz CT molecular complexity index is 681. The molecule has 1 aromatic carbocycles. The fourth-order valence-corrected chi connectivity index (χ4v) is 3.11. The average molecular weight is 360 g/mol. The summed E-state index contributed by atoms with van der Waals surface area (Å²) in [5.41, 5.74) is 2.65. The Kier molecular flexibility index (Phi) is 4.55. The largest absolute Gasteiger partial charge is 0.336 e. The van der Waals surface area contributed by atoms with Crippen molar-refractivity contribution in [2.24, 2.45) is 0 Å². The molecule has 1 aromatic heterocycles. The van der Waals surface area contributed by atoms with Gasteiger partial charge < -0.3 is 9.80 Å². The van der Waals surface area contributed by atoms with E-state index in [1.807, 2.05) is 35.2 Å². The zero-order valence-corrected chi connectivity index (χ0v) is 14.1. The first-order chi connectivity index (χ1) is 10.6. The summed E-state index contributed by atoms with van der Waals surface area (Å²) in [6, 6.07) is 9.89. The van der Waals surface area contributed by atoms with Gasteiger partial charge in [0, 0.05) is 48.6 Å². The molecule has 0 radical (unpaired) electrons. The van der Waals surface area contributed by atoms with Crippen LogP contribution in [0.15, 0.2) is 47.2 Å². The second-order valence-corrected chi connectivity index (χ2v) is 6.39. The van der Waals surface area contributed by atoms with Crippen LogP contribution >= 0.6 is 15.9 Å². The van der Waals surface area contributed by atoms with Gasteiger partial charge in [-0.15, -0.1) is 0 Å². The number of pyridine rings is 1. The SMILES string of the molecule is CN1CCN(C(=O)c2cncc(-c3ccccc3Br)c2)CC1. The van der Waals surface area contributed by atoms with Crippen molar-refractivity contribution < 1.29 is 4.79 Å². The Balaban J connectivity index is 1.85. The number of hydrogen-bond donors (Lipinski definition) is 0. The van der Waals surface area contributed by atoms with E-state index >= 15 is 0 Å². The molecular weight excluding hydrogens is 342 g/mol. The summed E-state index contributed by atoms with van der Waals surface area (Å²) in [6.07, 6.45) is 3.45. The van der Waals surface area contributed by atoms with Gasteiger partial charge in [-0.05, 0) is 24.7 Å². The molecule has 0 N–H and O–H groups in total. The number of benzene rings is 1. The molecule has 1 fully saturated rings. The van der Waals surface area contributed by atoms with E-state index < -0.39 is 0 Å². The van der Waals surface area contributed by atoms with Gasteiger partial charge in [-0.2, -0.15) is 0 Å². The molecule has 1 aliphatic heterocycles. The summed E-state index contributed by atoms with van der Waals surface area (Å²) in [5.74, 6) is 0.0644. The lowest BCUT2D eigenvalue weighted by atomic mass is 10.1. The highest BCUT2D eigenvalue weighted by molar-refractivity contribution is 9.10. The second kappa shape index (κ2) is 6.58. The van der Waals surface area contributed by atoms with E-state index in [9.17, 15) is 4.79 Å². The van der Waals surface area contributed by atoms with Crippen LogP contribution in [-0.4, -0.2) is 53.9 Å². The lowest BCUT2D eigenvalue weighted by molar-refractivity contribution is 0.0663. The molecule has 0 spiro atoms. The van der Waals surface area contributed by atoms with E-state index in [4.69, 9.17) is 0 Å². The first-order valence-corrected chi connectivity index (χ1v) is 8.12. The molecule has 0 saturated carbocycles. The van der Waals surface area contributed by atoms with Crippen LogP contribution in [0.5, 0.6) is 0 Å². The Morgan fingerprint density at radius 2 is 1.86 bits per heavy atom. The maximum atomic E-state index is 12.6. The first kappa shape index (κ1) is 15.2. The van der Waals surface area contributed by atoms with Gasteiger partial charge >= 0.3 is 0 Å². The molecule has 22 heavy (non-hydrogen) atoms. The molecule has 3 rings (SSSR count). The highest BCUT2D eigenvalue weighted by Gasteiger charge is 2.21. The standard InChI is InChI=1S/C17H18BrN3O/c1-20-6-8-21(9-7-20)17(22)14-10-13(11-19-12-14)15-4-2-3-5-16(15)18/h2-5,10-12H,6-9H2,1H3. The Hall–Kier alpha value is -1.72. The summed E-state index contributed by atoms with van der Waals surface area (Å²) in [4.78, 5) is 21.0. The highest BCUT2D eigenvalue weighted by atomic mass is 79.9. The van der Waals surface area contributed by atoms with Crippen LogP contribution < -0.4 is 0 Å². The van der Waals surface area contributed by atoms with Gasteiger partial charge in [0.05, 0.1) is 5.56 Å². The van der Waals surface area contributed by atoms with Gasteiger partial charge in [-0.3, -0.25) is 9.78 Å². The van der Waals surface area contributed by atoms with Crippen molar-refractivity contribution in [1.29, 1.82) is 0 Å². The van der Waals surface area contributed by atoms with Gasteiger partial charge in [-0.25, -0.2) is 0 Å². The molecule has 0 atom stereocenters. The lowest BCUT2D eigenvalue weighted by Crippen LogP contribution is -2.47. The highest BCUT2D eigenvalue weighted by Crippen LogP contribution is 2.28. The van der Waals surface area contributed by atoms with Gasteiger partial charge in [0.25, 0.3) is 5.91 Å². The van der Waals surface area contributed by atoms with E-state index in [0.717, 1.165) is 41.8 Å². The molecule has 4 nitrogen and oxygen atoms in total. The summed E-state index contributed by atoms with van der Waals surface area (Å²) in [5, 5.41) is 0. The fourth-order valence-electron chi connectivity index (χ4n) is 2.59. The average Bonchev–Trinajstić information content (AvgIpc) is 2.55. The fraction of sp³-hybridized carbons (Fsp3) is 0.294. The van der Waals surface area contributed by atoms with Crippen molar-refractivity contribution in [3.63, 3.8) is 0 Å². The minimum atomic E-state index is 0.0644. The zero-order valence-electron chi connectivity index (χ0n) is 12.5. The molecule has 1 amide bonds. The van der Waals surface area contributed by atoms with Crippen molar-refractivity contribution >= 4 is 21.8 Å². The summed E-state index contributed by atoms with van der Waals surface area (Å²) in [7, 11) is 2.08. The number of likely N-dealkylation sites (N-methyl/N-ethyl adjacent to an activating group) is 1. The molecule has 0 unspecified atom stereocenters. The number of halogens is 1. The van der Waals surface area contributed by atoms with Crippen LogP contribution in [0.25, 0.3) is 11.1 Å². The lowest BCUT2D eigenvalue weighted by Gasteiger charge is -2.32. The van der Waals surface area contributed by atoms with Gasteiger partial charge in [0.2, 0.25) is 0 Å². The van der Waals surface area contributed by atoms with Crippen LogP contribution in [0, 0.1) is 0 Å². The quantitative estimate of drug-likeness (QED) is 0.826. The van der Waals surface area contributed by atoms with Gasteiger partial charge in [-0.1, -0.05) is 34.1 Å². The zero-order chi connectivity index (χ0) is 15.5. The maximum Gasteiger partial charge on any atom is 0.255 e. The molecule has 1 saturated heterocycles. The van der Waals surface area contributed by atoms with Crippen LogP contribution in [0.3, 0.4) is 0 Å². The minimum Gasteiger partial charge on any atom is -0.336 e. The topological polar surface area (TPSA) is 36.4 Å². The third-order valence-corrected chi connectivity index (χ3v) is 4.65. The number of carbonyl (C=O) groups is 1. The molecule has 2 heterocycles. The number of aromatic nitrogens is 1. The van der Waals surface area contributed by atoms with Gasteiger partial charge in [0.1, 0.15) is 0 Å². The minimum absolute atomic E-state index is 0.0644. The molecule has 2 aromatic rings. The van der Waals surface area contributed by atoms with Crippen molar-refractivity contribution in [3.05, 3.63) is 52.8 Å². The number of piperazine rings is 1. The second-order valence-electron chi connectivity index (χ2n) is 5.54. The molecule has 5 heteroatoms. The Morgan fingerprint density at radius 3 is 2.59 bits per heavy atom. The molecule has 114 valence electrons. The number of rotatable bonds is 2. The molecule has 1 aliphatic rings. The van der Waals surface area contributed by atoms with Crippen LogP contribution in [0.2, 0.25) is 0 Å². The predicted molar refractivity (Wildman–Crippen MR) is 90.8 cm³/mol. The number of hydrogen-bond acceptors (Lipinski definition) is 3. The van der Waals surface area contributed by atoms with Crippen LogP contribution in [0.1, 0.15) is 10.4 Å².